The third-order valence-corrected chi connectivity index (χ3v) is 10.2. The molecular weight excluding hydrogens is 684 g/mol. The first-order valence-electron chi connectivity index (χ1n) is 16.6. The number of rotatable bonds is 15. The van der Waals surface area contributed by atoms with Crippen LogP contribution in [0.1, 0.15) is 67.3 Å². The molecule has 3 unspecified atom stereocenters. The molecule has 11 nitrogen and oxygen atoms in total. The van der Waals surface area contributed by atoms with Gasteiger partial charge in [-0.25, -0.2) is 15.0 Å². The molecule has 6 rings (SSSR count). The number of hydrogen-bond acceptors (Lipinski definition) is 8. The lowest BCUT2D eigenvalue weighted by Crippen LogP contribution is -2.43. The molecule has 3 aromatic heterocycles. The van der Waals surface area contributed by atoms with Crippen molar-refractivity contribution >= 4 is 56.3 Å². The van der Waals surface area contributed by atoms with E-state index >= 15 is 0 Å². The topological polar surface area (TPSA) is 140 Å². The number of amides is 2. The van der Waals surface area contributed by atoms with Gasteiger partial charge in [-0.05, 0) is 84.8 Å². The average Bonchev–Trinajstić information content (AvgIpc) is 3.49. The van der Waals surface area contributed by atoms with Crippen molar-refractivity contribution in [3.8, 4) is 11.1 Å². The Morgan fingerprint density at radius 2 is 1.86 bits per heavy atom. The van der Waals surface area contributed by atoms with E-state index in [4.69, 9.17) is 10.7 Å². The van der Waals surface area contributed by atoms with Crippen molar-refractivity contribution < 1.29 is 14.4 Å². The van der Waals surface area contributed by atoms with Crippen molar-refractivity contribution in [2.24, 2.45) is 11.1 Å². The Bertz CT molecular complexity index is 1940. The van der Waals surface area contributed by atoms with Gasteiger partial charge in [-0.3, -0.25) is 19.1 Å². The van der Waals surface area contributed by atoms with E-state index in [1.165, 1.54) is 6.92 Å². The van der Waals surface area contributed by atoms with Gasteiger partial charge in [-0.2, -0.15) is 5.10 Å². The minimum Gasteiger partial charge on any atom is -0.368 e. The number of Topliss-reactive ketones (excluding diaryl/α,β-unsaturated/α-hetero) is 1. The number of halogens is 1. The van der Waals surface area contributed by atoms with Crippen molar-refractivity contribution in [1.82, 2.24) is 29.6 Å². The molecule has 12 heteroatoms. The van der Waals surface area contributed by atoms with E-state index in [-0.39, 0.29) is 29.7 Å². The van der Waals surface area contributed by atoms with E-state index in [9.17, 15) is 14.4 Å². The number of primary amides is 1. The third-order valence-electron chi connectivity index (χ3n) is 9.76. The van der Waals surface area contributed by atoms with Crippen LogP contribution in [0.3, 0.4) is 0 Å². The van der Waals surface area contributed by atoms with Gasteiger partial charge < -0.3 is 15.5 Å². The van der Waals surface area contributed by atoms with Crippen LogP contribution in [0.15, 0.2) is 66.6 Å². The number of pyridine rings is 1. The fraction of sp³-hybridized carbons (Fsp3) is 0.378. The summed E-state index contributed by atoms with van der Waals surface area (Å²) in [6.45, 7) is 12.1. The number of fused-ring (bicyclic) bond motifs is 2. The second-order valence-corrected chi connectivity index (χ2v) is 13.9. The number of carbonyl (C=O) groups is 3. The summed E-state index contributed by atoms with van der Waals surface area (Å²) >= 11 is 3.48. The normalized spacial score (nSPS) is 19.4. The first-order valence-corrected chi connectivity index (χ1v) is 17.4. The number of nitrogens with zero attached hydrogens (tertiary/aromatic N) is 7. The Kier molecular flexibility index (Phi) is 9.78. The van der Waals surface area contributed by atoms with Crippen LogP contribution in [0.4, 0.5) is 5.82 Å². The third kappa shape index (κ3) is 6.92. The van der Waals surface area contributed by atoms with Crippen LogP contribution in [-0.4, -0.2) is 72.4 Å². The molecule has 1 saturated carbocycles. The summed E-state index contributed by atoms with van der Waals surface area (Å²) in [6, 6.07) is 8.94. The molecule has 3 atom stereocenters. The zero-order valence-electron chi connectivity index (χ0n) is 27.9. The molecule has 1 aliphatic carbocycles. The van der Waals surface area contributed by atoms with Crippen molar-refractivity contribution in [3.63, 3.8) is 0 Å². The number of nitrogens with two attached hydrogens (primary N) is 1. The van der Waals surface area contributed by atoms with E-state index in [1.807, 2.05) is 53.1 Å². The second-order valence-electron chi connectivity index (χ2n) is 13.1. The Hall–Kier alpha value is -4.71. The Labute approximate surface area is 294 Å². The predicted octanol–water partition coefficient (Wildman–Crippen LogP) is 5.90. The number of ketones is 1. The zero-order chi connectivity index (χ0) is 34.9. The van der Waals surface area contributed by atoms with Gasteiger partial charge in [0.25, 0.3) is 0 Å². The van der Waals surface area contributed by atoms with Crippen LogP contribution in [0, 0.1) is 12.3 Å². The number of aryl methyl sites for hydroxylation is 1. The van der Waals surface area contributed by atoms with Crippen molar-refractivity contribution in [2.45, 2.75) is 71.0 Å². The molecule has 0 spiro atoms. The maximum atomic E-state index is 14.2. The SMILES string of the molecule is C=CCCCCCN(CC12CC(C(N)=O)N(c3nc(Br)ccc3C=C)C1C2)C(=O)Cn1nc(C(C)=O)c2cc(-c3cnc(C)nc3)ccc21. The maximum absolute atomic E-state index is 14.2. The number of piperidine rings is 1. The summed E-state index contributed by atoms with van der Waals surface area (Å²) in [6.07, 6.45) is 12.2. The lowest BCUT2D eigenvalue weighted by molar-refractivity contribution is -0.133. The number of aromatic nitrogens is 5. The largest absolute Gasteiger partial charge is 0.368 e. The van der Waals surface area contributed by atoms with Crippen molar-refractivity contribution in [2.75, 3.05) is 18.0 Å². The van der Waals surface area contributed by atoms with Gasteiger partial charge in [-0.1, -0.05) is 31.2 Å². The summed E-state index contributed by atoms with van der Waals surface area (Å²) in [5, 5.41) is 5.31. The molecule has 254 valence electrons. The molecule has 1 saturated heterocycles. The van der Waals surface area contributed by atoms with Gasteiger partial charge in [0.15, 0.2) is 5.78 Å². The fourth-order valence-corrected chi connectivity index (χ4v) is 7.46. The lowest BCUT2D eigenvalue weighted by Gasteiger charge is -2.28. The number of anilines is 1. The van der Waals surface area contributed by atoms with Crippen LogP contribution in [0.5, 0.6) is 0 Å². The number of benzene rings is 1. The molecule has 0 radical (unpaired) electrons. The Morgan fingerprint density at radius 1 is 1.08 bits per heavy atom. The highest BCUT2D eigenvalue weighted by Gasteiger charge is 2.66. The average molecular weight is 726 g/mol. The minimum absolute atomic E-state index is 0.000546. The predicted molar refractivity (Wildman–Crippen MR) is 194 cm³/mol. The standard InChI is InChI=1S/C37H41BrN8O3/c1-5-7-8-9-10-15-44(22-37-17-30(35(39)49)46(31(37)18-37)36-25(6-2)12-14-32(38)42-36)33(48)21-45-29-13-11-26(27-19-40-24(4)41-20-27)16-28(29)34(43-45)23(3)47/h5-6,11-14,16,19-20,30-31H,1-2,7-10,15,17-18,21-22H2,3-4H3,(H2,39,49). The lowest BCUT2D eigenvalue weighted by atomic mass is 9.98. The van der Waals surface area contributed by atoms with Gasteiger partial charge in [0.2, 0.25) is 11.8 Å². The maximum Gasteiger partial charge on any atom is 0.244 e. The fourth-order valence-electron chi connectivity index (χ4n) is 7.16. The van der Waals surface area contributed by atoms with Crippen LogP contribution >= 0.6 is 15.9 Å². The molecule has 2 N–H and O–H groups in total. The quantitative estimate of drug-likeness (QED) is 0.0692. The molecule has 0 bridgehead atoms. The smallest absolute Gasteiger partial charge is 0.244 e. The van der Waals surface area contributed by atoms with Crippen molar-refractivity contribution in [3.05, 3.63) is 83.6 Å². The van der Waals surface area contributed by atoms with Gasteiger partial charge >= 0.3 is 0 Å². The first-order chi connectivity index (χ1) is 23.5. The highest BCUT2D eigenvalue weighted by atomic mass is 79.9. The summed E-state index contributed by atoms with van der Waals surface area (Å²) in [4.78, 5) is 57.1. The van der Waals surface area contributed by atoms with Gasteiger partial charge in [0, 0.05) is 60.4 Å². The van der Waals surface area contributed by atoms with Crippen LogP contribution in [-0.2, 0) is 16.1 Å². The summed E-state index contributed by atoms with van der Waals surface area (Å²) in [5.41, 5.74) is 9.17. The summed E-state index contributed by atoms with van der Waals surface area (Å²) < 4.78 is 2.28. The summed E-state index contributed by atoms with van der Waals surface area (Å²) in [5.74, 6) is 0.638. The Balaban J connectivity index is 1.28. The first kappa shape index (κ1) is 34.2. The van der Waals surface area contributed by atoms with Gasteiger partial charge in [0.1, 0.15) is 34.5 Å². The zero-order valence-corrected chi connectivity index (χ0v) is 29.5. The van der Waals surface area contributed by atoms with E-state index < -0.39 is 11.9 Å². The number of hydrogen-bond donors (Lipinski definition) is 1. The highest BCUT2D eigenvalue weighted by molar-refractivity contribution is 9.10. The van der Waals surface area contributed by atoms with Crippen LogP contribution < -0.4 is 10.6 Å². The van der Waals surface area contributed by atoms with Gasteiger partial charge in [-0.15, -0.1) is 6.58 Å². The monoisotopic (exact) mass is 724 g/mol. The molecule has 1 aromatic carbocycles. The second kappa shape index (κ2) is 14.0. The van der Waals surface area contributed by atoms with Gasteiger partial charge in [0.05, 0.1) is 5.52 Å². The minimum atomic E-state index is -0.551. The molecule has 4 aromatic rings. The molecule has 49 heavy (non-hydrogen) atoms. The van der Waals surface area contributed by atoms with E-state index in [0.717, 1.165) is 48.8 Å². The van der Waals surface area contributed by atoms with Crippen molar-refractivity contribution in [1.29, 1.82) is 0 Å². The molecule has 2 aliphatic rings. The number of carbonyl (C=O) groups excluding carboxylic acids is 3. The van der Waals surface area contributed by atoms with Crippen LogP contribution in [0.25, 0.3) is 28.1 Å². The van der Waals surface area contributed by atoms with E-state index in [0.29, 0.717) is 52.4 Å². The molecule has 2 fully saturated rings. The Morgan fingerprint density at radius 3 is 2.55 bits per heavy atom. The summed E-state index contributed by atoms with van der Waals surface area (Å²) in [7, 11) is 0. The molecule has 4 heterocycles. The molecular formula is C37H41BrN8O3. The molecule has 1 aliphatic heterocycles. The molecule has 2 amide bonds. The van der Waals surface area contributed by atoms with E-state index in [1.54, 1.807) is 23.2 Å². The van der Waals surface area contributed by atoms with Crippen LogP contribution in [0.2, 0.25) is 0 Å². The number of unbranched alkanes of at least 4 members (excludes halogenated alkanes) is 3. The van der Waals surface area contributed by atoms with E-state index in [2.05, 4.69) is 44.2 Å². The number of allylic oxidation sites excluding steroid dienone is 1. The highest BCUT2D eigenvalue weighted by Crippen LogP contribution is 2.61.